The summed E-state index contributed by atoms with van der Waals surface area (Å²) in [4.78, 5) is 10.1. The van der Waals surface area contributed by atoms with Crippen LogP contribution in [0.3, 0.4) is 0 Å². The lowest BCUT2D eigenvalue weighted by Gasteiger charge is -2.13. The summed E-state index contributed by atoms with van der Waals surface area (Å²) in [5, 5.41) is 4.27. The van der Waals surface area contributed by atoms with E-state index in [1.807, 2.05) is 6.20 Å². The average Bonchev–Trinajstić information content (AvgIpc) is 2.89. The Balaban J connectivity index is 1.91. The normalized spacial score (nSPS) is 19.5. The van der Waals surface area contributed by atoms with Crippen LogP contribution in [0.2, 0.25) is 0 Å². The molecule has 1 heterocycles. The lowest BCUT2D eigenvalue weighted by atomic mass is 10.3. The maximum absolute atomic E-state index is 5.91. The first-order valence-electron chi connectivity index (χ1n) is 6.17. The van der Waals surface area contributed by atoms with Crippen molar-refractivity contribution in [2.75, 3.05) is 0 Å². The van der Waals surface area contributed by atoms with E-state index in [-0.39, 0.29) is 6.04 Å². The maximum atomic E-state index is 5.91. The fraction of sp³-hybridized carbons (Fsp3) is 0.667. The molecule has 2 rings (SSSR count). The number of aromatic nitrogens is 1. The van der Waals surface area contributed by atoms with Gasteiger partial charge in [0.05, 0.1) is 12.1 Å². The van der Waals surface area contributed by atoms with Crippen LogP contribution in [0.4, 0.5) is 0 Å². The molecule has 0 aliphatic heterocycles. The summed E-state index contributed by atoms with van der Waals surface area (Å²) in [6, 6.07) is 0.562. The van der Waals surface area contributed by atoms with Crippen molar-refractivity contribution in [2.24, 2.45) is 10.7 Å². The molecule has 3 N–H and O–H groups in total. The Hall–Kier alpha value is -1.10. The van der Waals surface area contributed by atoms with E-state index in [2.05, 4.69) is 29.1 Å². The fourth-order valence-electron chi connectivity index (χ4n) is 2.12. The Labute approximate surface area is 106 Å². The summed E-state index contributed by atoms with van der Waals surface area (Å²) in [6.45, 7) is 4.12. The summed E-state index contributed by atoms with van der Waals surface area (Å²) in [7, 11) is 0. The first-order chi connectivity index (χ1) is 8.15. The van der Waals surface area contributed by atoms with Crippen molar-refractivity contribution < 1.29 is 0 Å². The summed E-state index contributed by atoms with van der Waals surface area (Å²) in [5.74, 6) is 0.553. The number of aryl methyl sites for hydroxylation is 1. The van der Waals surface area contributed by atoms with Gasteiger partial charge < -0.3 is 11.1 Å². The minimum Gasteiger partial charge on any atom is -0.370 e. The van der Waals surface area contributed by atoms with Gasteiger partial charge in [0.25, 0.3) is 0 Å². The van der Waals surface area contributed by atoms with Crippen molar-refractivity contribution in [1.82, 2.24) is 10.3 Å². The lowest BCUT2D eigenvalue weighted by molar-refractivity contribution is 0.667. The predicted octanol–water partition coefficient (Wildman–Crippen LogP) is 2.36. The summed E-state index contributed by atoms with van der Waals surface area (Å²) < 4.78 is 0. The molecule has 0 aromatic carbocycles. The van der Waals surface area contributed by atoms with Crippen LogP contribution in [0.1, 0.15) is 48.5 Å². The van der Waals surface area contributed by atoms with Crippen LogP contribution in [-0.4, -0.2) is 17.0 Å². The molecule has 0 saturated heterocycles. The van der Waals surface area contributed by atoms with Gasteiger partial charge in [-0.1, -0.05) is 12.8 Å². The second kappa shape index (κ2) is 5.49. The molecular weight excluding hydrogens is 232 g/mol. The highest BCUT2D eigenvalue weighted by Crippen LogP contribution is 2.21. The van der Waals surface area contributed by atoms with Gasteiger partial charge in [0.1, 0.15) is 5.01 Å². The zero-order valence-corrected chi connectivity index (χ0v) is 11.3. The van der Waals surface area contributed by atoms with Crippen molar-refractivity contribution in [2.45, 2.75) is 51.6 Å². The Morgan fingerprint density at radius 1 is 1.59 bits per heavy atom. The molecular formula is C12H20N4S. The van der Waals surface area contributed by atoms with E-state index in [1.54, 1.807) is 11.3 Å². The monoisotopic (exact) mass is 252 g/mol. The Morgan fingerprint density at radius 2 is 2.29 bits per heavy atom. The summed E-state index contributed by atoms with van der Waals surface area (Å²) >= 11 is 1.70. The van der Waals surface area contributed by atoms with Crippen molar-refractivity contribution in [1.29, 1.82) is 0 Å². The molecule has 1 unspecified atom stereocenters. The minimum absolute atomic E-state index is 0.138. The predicted molar refractivity (Wildman–Crippen MR) is 72.3 cm³/mol. The van der Waals surface area contributed by atoms with E-state index < -0.39 is 0 Å². The van der Waals surface area contributed by atoms with Crippen molar-refractivity contribution in [3.05, 3.63) is 16.1 Å². The Kier molecular flexibility index (Phi) is 3.99. The fourth-order valence-corrected chi connectivity index (χ4v) is 2.90. The smallest absolute Gasteiger partial charge is 0.189 e. The van der Waals surface area contributed by atoms with Gasteiger partial charge in [-0.3, -0.25) is 4.99 Å². The van der Waals surface area contributed by atoms with Crippen LogP contribution in [0.15, 0.2) is 11.2 Å². The van der Waals surface area contributed by atoms with E-state index in [0.29, 0.717) is 12.0 Å². The van der Waals surface area contributed by atoms with E-state index in [9.17, 15) is 0 Å². The topological polar surface area (TPSA) is 63.3 Å². The van der Waals surface area contributed by atoms with Gasteiger partial charge in [0, 0.05) is 11.1 Å². The number of hydrogen-bond acceptors (Lipinski definition) is 3. The molecule has 1 aromatic rings. The second-order valence-electron chi connectivity index (χ2n) is 4.63. The first-order valence-corrected chi connectivity index (χ1v) is 6.99. The molecule has 17 heavy (non-hydrogen) atoms. The van der Waals surface area contributed by atoms with Crippen LogP contribution in [0.5, 0.6) is 0 Å². The van der Waals surface area contributed by atoms with Crippen LogP contribution >= 0.6 is 11.3 Å². The molecule has 1 aromatic heterocycles. The molecule has 0 radical (unpaired) electrons. The third-order valence-corrected chi connectivity index (χ3v) is 4.12. The van der Waals surface area contributed by atoms with Crippen LogP contribution < -0.4 is 11.1 Å². The Bertz CT molecular complexity index is 393. The van der Waals surface area contributed by atoms with Gasteiger partial charge in [-0.25, -0.2) is 4.98 Å². The van der Waals surface area contributed by atoms with Crippen molar-refractivity contribution in [3.63, 3.8) is 0 Å². The molecule has 1 saturated carbocycles. The van der Waals surface area contributed by atoms with E-state index in [4.69, 9.17) is 5.73 Å². The van der Waals surface area contributed by atoms with Crippen LogP contribution in [0, 0.1) is 6.92 Å². The SMILES string of the molecule is Cc1cnc(C(C)NC(N)=NC2CCCC2)s1. The molecule has 1 aliphatic rings. The zero-order valence-electron chi connectivity index (χ0n) is 10.4. The molecule has 5 heteroatoms. The molecule has 0 bridgehead atoms. The van der Waals surface area contributed by atoms with E-state index in [0.717, 1.165) is 5.01 Å². The molecule has 0 amide bonds. The number of aliphatic imine (C=N–C) groups is 1. The van der Waals surface area contributed by atoms with Crippen LogP contribution in [0.25, 0.3) is 0 Å². The number of nitrogens with two attached hydrogens (primary N) is 1. The maximum Gasteiger partial charge on any atom is 0.189 e. The zero-order chi connectivity index (χ0) is 12.3. The van der Waals surface area contributed by atoms with Crippen molar-refractivity contribution >= 4 is 17.3 Å². The first kappa shape index (κ1) is 12.4. The molecule has 1 fully saturated rings. The number of guanidine groups is 1. The average molecular weight is 252 g/mol. The van der Waals surface area contributed by atoms with E-state index in [1.165, 1.54) is 30.6 Å². The molecule has 4 nitrogen and oxygen atoms in total. The summed E-state index contributed by atoms with van der Waals surface area (Å²) in [5.41, 5.74) is 5.91. The number of nitrogens with one attached hydrogen (secondary N) is 1. The third-order valence-electron chi connectivity index (χ3n) is 3.02. The van der Waals surface area contributed by atoms with Crippen molar-refractivity contribution in [3.8, 4) is 0 Å². The molecule has 94 valence electrons. The number of nitrogens with zero attached hydrogens (tertiary/aromatic N) is 2. The quantitative estimate of drug-likeness (QED) is 0.641. The number of hydrogen-bond donors (Lipinski definition) is 2. The highest BCUT2D eigenvalue weighted by atomic mass is 32.1. The molecule has 0 spiro atoms. The number of thiazole rings is 1. The minimum atomic E-state index is 0.138. The summed E-state index contributed by atoms with van der Waals surface area (Å²) in [6.07, 6.45) is 6.80. The van der Waals surface area contributed by atoms with Gasteiger partial charge in [0.15, 0.2) is 5.96 Å². The van der Waals surface area contributed by atoms with Gasteiger partial charge in [-0.15, -0.1) is 11.3 Å². The van der Waals surface area contributed by atoms with Crippen LogP contribution in [-0.2, 0) is 0 Å². The van der Waals surface area contributed by atoms with E-state index >= 15 is 0 Å². The third kappa shape index (κ3) is 3.43. The second-order valence-corrected chi connectivity index (χ2v) is 5.89. The van der Waals surface area contributed by atoms with Gasteiger partial charge in [-0.05, 0) is 26.7 Å². The highest BCUT2D eigenvalue weighted by molar-refractivity contribution is 7.11. The Morgan fingerprint density at radius 3 is 2.88 bits per heavy atom. The lowest BCUT2D eigenvalue weighted by Crippen LogP contribution is -2.34. The highest BCUT2D eigenvalue weighted by Gasteiger charge is 2.15. The van der Waals surface area contributed by atoms with Gasteiger partial charge in [0.2, 0.25) is 0 Å². The standard InChI is InChI=1S/C12H20N4S/c1-8-7-14-11(17-8)9(2)15-12(13)16-10-5-3-4-6-10/h7,9-10H,3-6H2,1-2H3,(H3,13,15,16). The number of rotatable bonds is 3. The van der Waals surface area contributed by atoms with Gasteiger partial charge >= 0.3 is 0 Å². The molecule has 1 aliphatic carbocycles. The molecule has 1 atom stereocenters. The van der Waals surface area contributed by atoms with Gasteiger partial charge in [-0.2, -0.15) is 0 Å². The largest absolute Gasteiger partial charge is 0.370 e.